The molecule has 22 heavy (non-hydrogen) atoms. The normalized spacial score (nSPS) is 13.3. The number of rotatable bonds is 3. The Bertz CT molecular complexity index is 811. The van der Waals surface area contributed by atoms with Gasteiger partial charge in [-0.3, -0.25) is 10.1 Å². The molecule has 7 heteroatoms. The number of fused-ring (bicyclic) bond motifs is 1. The van der Waals surface area contributed by atoms with Gasteiger partial charge in [-0.15, -0.1) is 22.7 Å². The molecule has 1 aliphatic rings. The SMILES string of the molecule is Cc1nc(-c2ccsc2)sc1C(=O)Nc1nc2c(s1)CCC2. The van der Waals surface area contributed by atoms with Crippen molar-refractivity contribution < 1.29 is 4.79 Å². The number of thiazole rings is 2. The Kier molecular flexibility index (Phi) is 3.56. The van der Waals surface area contributed by atoms with E-state index < -0.39 is 0 Å². The Morgan fingerprint density at radius 2 is 2.18 bits per heavy atom. The van der Waals surface area contributed by atoms with Gasteiger partial charge in [0.2, 0.25) is 0 Å². The lowest BCUT2D eigenvalue weighted by atomic mass is 10.3. The van der Waals surface area contributed by atoms with Crippen LogP contribution < -0.4 is 5.32 Å². The summed E-state index contributed by atoms with van der Waals surface area (Å²) in [4.78, 5) is 23.5. The summed E-state index contributed by atoms with van der Waals surface area (Å²) in [7, 11) is 0. The first-order valence-corrected chi connectivity index (χ1v) is 9.58. The molecular weight excluding hydrogens is 334 g/mol. The molecule has 0 spiro atoms. The lowest BCUT2D eigenvalue weighted by Gasteiger charge is -1.99. The summed E-state index contributed by atoms with van der Waals surface area (Å²) < 4.78 is 0. The van der Waals surface area contributed by atoms with Crippen molar-refractivity contribution in [1.29, 1.82) is 0 Å². The van der Waals surface area contributed by atoms with Crippen LogP contribution in [0.3, 0.4) is 0 Å². The largest absolute Gasteiger partial charge is 0.297 e. The first-order valence-electron chi connectivity index (χ1n) is 7.00. The van der Waals surface area contributed by atoms with Gasteiger partial charge in [0.1, 0.15) is 9.88 Å². The number of aryl methyl sites for hydroxylation is 3. The van der Waals surface area contributed by atoms with Crippen molar-refractivity contribution in [2.45, 2.75) is 26.2 Å². The minimum absolute atomic E-state index is 0.107. The first-order chi connectivity index (χ1) is 10.7. The Hall–Kier alpha value is -1.57. The third-order valence-corrected chi connectivity index (χ3v) is 6.55. The Balaban J connectivity index is 1.57. The number of thiophene rings is 1. The molecule has 0 radical (unpaired) electrons. The van der Waals surface area contributed by atoms with Gasteiger partial charge in [-0.2, -0.15) is 11.3 Å². The van der Waals surface area contributed by atoms with Crippen molar-refractivity contribution in [3.8, 4) is 10.6 Å². The van der Waals surface area contributed by atoms with Crippen molar-refractivity contribution in [3.05, 3.63) is 38.0 Å². The van der Waals surface area contributed by atoms with Gasteiger partial charge < -0.3 is 0 Å². The molecule has 0 fully saturated rings. The average Bonchev–Trinajstić information content (AvgIpc) is 3.20. The number of hydrogen-bond acceptors (Lipinski definition) is 6. The molecule has 0 saturated carbocycles. The highest BCUT2D eigenvalue weighted by molar-refractivity contribution is 7.18. The smallest absolute Gasteiger partial charge is 0.269 e. The van der Waals surface area contributed by atoms with Crippen LogP contribution in [0, 0.1) is 6.92 Å². The van der Waals surface area contributed by atoms with Gasteiger partial charge in [-0.25, -0.2) is 9.97 Å². The fourth-order valence-electron chi connectivity index (χ4n) is 2.51. The van der Waals surface area contributed by atoms with Gasteiger partial charge in [-0.05, 0) is 37.6 Å². The van der Waals surface area contributed by atoms with Crippen molar-refractivity contribution >= 4 is 45.0 Å². The van der Waals surface area contributed by atoms with E-state index in [0.29, 0.717) is 10.0 Å². The minimum Gasteiger partial charge on any atom is -0.297 e. The van der Waals surface area contributed by atoms with Crippen LogP contribution in [0.15, 0.2) is 16.8 Å². The first kappa shape index (κ1) is 14.0. The molecule has 0 atom stereocenters. The van der Waals surface area contributed by atoms with E-state index >= 15 is 0 Å². The van der Waals surface area contributed by atoms with E-state index in [1.165, 1.54) is 22.6 Å². The highest BCUT2D eigenvalue weighted by atomic mass is 32.1. The fourth-order valence-corrected chi connectivity index (χ4v) is 5.23. The van der Waals surface area contributed by atoms with Crippen LogP contribution in [0.4, 0.5) is 5.13 Å². The predicted octanol–water partition coefficient (Wildman–Crippen LogP) is 4.38. The highest BCUT2D eigenvalue weighted by Crippen LogP contribution is 2.32. The minimum atomic E-state index is -0.107. The van der Waals surface area contributed by atoms with Gasteiger partial charge in [0.25, 0.3) is 5.91 Å². The van der Waals surface area contributed by atoms with E-state index in [1.54, 1.807) is 22.7 Å². The quantitative estimate of drug-likeness (QED) is 0.765. The van der Waals surface area contributed by atoms with Crippen LogP contribution in [0.25, 0.3) is 10.6 Å². The van der Waals surface area contributed by atoms with E-state index in [0.717, 1.165) is 34.8 Å². The van der Waals surface area contributed by atoms with E-state index in [2.05, 4.69) is 15.3 Å². The van der Waals surface area contributed by atoms with Crippen LogP contribution in [0.1, 0.15) is 32.4 Å². The number of carbonyl (C=O) groups excluding carboxylic acids is 1. The van der Waals surface area contributed by atoms with Crippen molar-refractivity contribution in [2.24, 2.45) is 0 Å². The van der Waals surface area contributed by atoms with Crippen molar-refractivity contribution in [3.63, 3.8) is 0 Å². The topological polar surface area (TPSA) is 54.9 Å². The van der Waals surface area contributed by atoms with Crippen LogP contribution in [0.5, 0.6) is 0 Å². The molecular formula is C15H13N3OS3. The summed E-state index contributed by atoms with van der Waals surface area (Å²) in [6.07, 6.45) is 3.30. The van der Waals surface area contributed by atoms with E-state index in [1.807, 2.05) is 23.8 Å². The lowest BCUT2D eigenvalue weighted by Crippen LogP contribution is -2.11. The maximum absolute atomic E-state index is 12.5. The number of anilines is 1. The molecule has 0 aromatic carbocycles. The maximum atomic E-state index is 12.5. The van der Waals surface area contributed by atoms with Crippen molar-refractivity contribution in [2.75, 3.05) is 5.32 Å². The number of amides is 1. The van der Waals surface area contributed by atoms with E-state index in [4.69, 9.17) is 0 Å². The Labute approximate surface area is 139 Å². The summed E-state index contributed by atoms with van der Waals surface area (Å²) in [5.74, 6) is -0.107. The van der Waals surface area contributed by atoms with Gasteiger partial charge in [-0.1, -0.05) is 0 Å². The molecule has 4 rings (SSSR count). The zero-order chi connectivity index (χ0) is 15.1. The number of hydrogen-bond donors (Lipinski definition) is 1. The monoisotopic (exact) mass is 347 g/mol. The van der Waals surface area contributed by atoms with Gasteiger partial charge >= 0.3 is 0 Å². The zero-order valence-electron chi connectivity index (χ0n) is 11.9. The standard InChI is InChI=1S/C15H13N3OS3/c1-8-12(22-14(16-8)9-5-6-20-7-9)13(19)18-15-17-10-3-2-4-11(10)21-15/h5-7H,2-4H2,1H3,(H,17,18,19). The number of nitrogens with zero attached hydrogens (tertiary/aromatic N) is 2. The van der Waals surface area contributed by atoms with Crippen LogP contribution >= 0.6 is 34.0 Å². The Morgan fingerprint density at radius 1 is 1.27 bits per heavy atom. The van der Waals surface area contributed by atoms with Gasteiger partial charge in [0, 0.05) is 15.8 Å². The summed E-state index contributed by atoms with van der Waals surface area (Å²) in [6, 6.07) is 2.02. The van der Waals surface area contributed by atoms with Gasteiger partial charge in [0.05, 0.1) is 11.4 Å². The third kappa shape index (κ3) is 2.49. The number of aromatic nitrogens is 2. The highest BCUT2D eigenvalue weighted by Gasteiger charge is 2.21. The third-order valence-electron chi connectivity index (χ3n) is 3.59. The average molecular weight is 347 g/mol. The van der Waals surface area contributed by atoms with Gasteiger partial charge in [0.15, 0.2) is 5.13 Å². The van der Waals surface area contributed by atoms with E-state index in [9.17, 15) is 4.79 Å². The lowest BCUT2D eigenvalue weighted by molar-refractivity contribution is 0.103. The second-order valence-corrected chi connectivity index (χ2v) is 8.00. The summed E-state index contributed by atoms with van der Waals surface area (Å²) in [5, 5.41) is 8.59. The number of nitrogens with one attached hydrogen (secondary N) is 1. The molecule has 112 valence electrons. The Morgan fingerprint density at radius 3 is 2.95 bits per heavy atom. The summed E-state index contributed by atoms with van der Waals surface area (Å²) >= 11 is 4.67. The van der Waals surface area contributed by atoms with Crippen LogP contribution in [0.2, 0.25) is 0 Å². The molecule has 1 amide bonds. The van der Waals surface area contributed by atoms with Crippen molar-refractivity contribution in [1.82, 2.24) is 9.97 Å². The molecule has 0 bridgehead atoms. The molecule has 3 aromatic heterocycles. The second kappa shape index (κ2) is 5.57. The molecule has 1 aliphatic carbocycles. The predicted molar refractivity (Wildman–Crippen MR) is 92.3 cm³/mol. The van der Waals surface area contributed by atoms with Crippen LogP contribution in [-0.4, -0.2) is 15.9 Å². The molecule has 0 aliphatic heterocycles. The number of carbonyl (C=O) groups is 1. The van der Waals surface area contributed by atoms with E-state index in [-0.39, 0.29) is 5.91 Å². The molecule has 0 unspecified atom stereocenters. The molecule has 1 N–H and O–H groups in total. The molecule has 4 nitrogen and oxygen atoms in total. The zero-order valence-corrected chi connectivity index (χ0v) is 14.3. The molecule has 0 saturated heterocycles. The fraction of sp³-hybridized carbons (Fsp3) is 0.267. The molecule has 3 aromatic rings. The van der Waals surface area contributed by atoms with Crippen LogP contribution in [-0.2, 0) is 12.8 Å². The summed E-state index contributed by atoms with van der Waals surface area (Å²) in [5.41, 5.74) is 3.00. The molecule has 3 heterocycles. The second-order valence-electron chi connectivity index (χ2n) is 5.14. The summed E-state index contributed by atoms with van der Waals surface area (Å²) in [6.45, 7) is 1.88. The maximum Gasteiger partial charge on any atom is 0.269 e.